The van der Waals surface area contributed by atoms with Gasteiger partial charge < -0.3 is 38.6 Å². The molecule has 0 aliphatic carbocycles. The van der Waals surface area contributed by atoms with Gasteiger partial charge in [-0.2, -0.15) is 0 Å². The normalized spacial score (nSPS) is 22.2. The van der Waals surface area contributed by atoms with E-state index in [0.717, 1.165) is 11.1 Å². The Labute approximate surface area is 230 Å². The molecule has 3 aromatic carbocycles. The Morgan fingerprint density at radius 1 is 0.667 bits per heavy atom. The van der Waals surface area contributed by atoms with Crippen LogP contribution >= 0.6 is 0 Å². The van der Waals surface area contributed by atoms with Crippen molar-refractivity contribution in [3.63, 3.8) is 0 Å². The van der Waals surface area contributed by atoms with Crippen LogP contribution in [0.25, 0.3) is 0 Å². The molecule has 1 saturated heterocycles. The van der Waals surface area contributed by atoms with Gasteiger partial charge in [-0.05, 0) is 71.8 Å². The van der Waals surface area contributed by atoms with Gasteiger partial charge >= 0.3 is 0 Å². The molecule has 3 aromatic rings. The van der Waals surface area contributed by atoms with E-state index in [1.54, 1.807) is 52.5 Å². The number of aromatic hydroxyl groups is 1. The fourth-order valence-corrected chi connectivity index (χ4v) is 5.12. The summed E-state index contributed by atoms with van der Waals surface area (Å²) in [5, 5.41) is 21.0. The van der Waals surface area contributed by atoms with Crippen LogP contribution in [0.15, 0.2) is 54.6 Å². The summed E-state index contributed by atoms with van der Waals surface area (Å²) in [7, 11) is 6.25. The van der Waals surface area contributed by atoms with Crippen LogP contribution in [0, 0.1) is 11.8 Å². The molecule has 0 unspecified atom stereocenters. The minimum absolute atomic E-state index is 0.0994. The van der Waals surface area contributed by atoms with E-state index in [0.29, 0.717) is 34.3 Å². The summed E-state index contributed by atoms with van der Waals surface area (Å²) in [4.78, 5) is 0. The maximum absolute atomic E-state index is 11.0. The molecular weight excluding hydrogens is 500 g/mol. The van der Waals surface area contributed by atoms with Crippen LogP contribution in [0.1, 0.15) is 55.8 Å². The quantitative estimate of drug-likeness (QED) is 0.324. The highest BCUT2D eigenvalue weighted by atomic mass is 16.5. The lowest BCUT2D eigenvalue weighted by atomic mass is 9.85. The molecule has 1 heterocycles. The summed E-state index contributed by atoms with van der Waals surface area (Å²) in [5.41, 5.74) is 2.58. The highest BCUT2D eigenvalue weighted by Gasteiger charge is 2.41. The molecule has 0 amide bonds. The number of aliphatic hydroxyl groups is 1. The number of phenols is 1. The molecule has 2 N–H and O–H groups in total. The van der Waals surface area contributed by atoms with E-state index in [1.165, 1.54) is 7.11 Å². The van der Waals surface area contributed by atoms with Crippen molar-refractivity contribution in [2.75, 3.05) is 28.4 Å². The highest BCUT2D eigenvalue weighted by Crippen LogP contribution is 2.50. The second kappa shape index (κ2) is 12.1. The number of phenolic OH excluding ortho intramolecular Hbond substituents is 1. The van der Waals surface area contributed by atoms with Crippen LogP contribution in [-0.2, 0) is 4.74 Å². The zero-order valence-electron chi connectivity index (χ0n) is 23.5. The molecule has 8 nitrogen and oxygen atoms in total. The first kappa shape index (κ1) is 28.4. The first-order chi connectivity index (χ1) is 18.7. The number of methoxy groups -OCH3 is 4. The Morgan fingerprint density at radius 2 is 1.18 bits per heavy atom. The summed E-state index contributed by atoms with van der Waals surface area (Å²) in [6, 6.07) is 16.4. The van der Waals surface area contributed by atoms with Gasteiger partial charge in [0, 0.05) is 0 Å². The predicted molar refractivity (Wildman–Crippen MR) is 147 cm³/mol. The smallest absolute Gasteiger partial charge is 0.161 e. The molecule has 210 valence electrons. The largest absolute Gasteiger partial charge is 0.504 e. The number of hydrogen-bond donors (Lipinski definition) is 2. The predicted octanol–water partition coefficient (Wildman–Crippen LogP) is 6.01. The van der Waals surface area contributed by atoms with Gasteiger partial charge in [0.25, 0.3) is 0 Å². The van der Waals surface area contributed by atoms with Crippen molar-refractivity contribution in [2.24, 2.45) is 11.8 Å². The van der Waals surface area contributed by atoms with E-state index in [1.807, 2.05) is 30.3 Å². The van der Waals surface area contributed by atoms with Crippen molar-refractivity contribution in [3.8, 4) is 34.5 Å². The van der Waals surface area contributed by atoms with Crippen LogP contribution in [-0.4, -0.2) is 44.8 Å². The zero-order chi connectivity index (χ0) is 28.3. The second-order valence-corrected chi connectivity index (χ2v) is 9.92. The zero-order valence-corrected chi connectivity index (χ0v) is 23.5. The molecule has 6 atom stereocenters. The SMILES string of the molecule is COc1cc([C@H]2O[C@H](c3ccc(O[C@@H](C)[C@H](O)c4ccc(OC)c(OC)c4)c(OC)c3)[C@H](C)[C@H]2C)ccc1O. The molecule has 39 heavy (non-hydrogen) atoms. The van der Waals surface area contributed by atoms with Crippen molar-refractivity contribution in [1.29, 1.82) is 0 Å². The van der Waals surface area contributed by atoms with E-state index in [9.17, 15) is 10.2 Å². The van der Waals surface area contributed by atoms with Gasteiger partial charge in [0.1, 0.15) is 12.2 Å². The first-order valence-corrected chi connectivity index (χ1v) is 13.0. The fraction of sp³-hybridized carbons (Fsp3) is 0.419. The number of hydrogen-bond acceptors (Lipinski definition) is 8. The molecule has 1 aliphatic heterocycles. The van der Waals surface area contributed by atoms with Gasteiger partial charge in [0.05, 0.1) is 40.6 Å². The molecule has 0 spiro atoms. The number of aliphatic hydroxyl groups excluding tert-OH is 1. The van der Waals surface area contributed by atoms with Gasteiger partial charge in [-0.1, -0.05) is 32.0 Å². The Morgan fingerprint density at radius 3 is 1.77 bits per heavy atom. The number of rotatable bonds is 10. The van der Waals surface area contributed by atoms with Crippen LogP contribution in [0.4, 0.5) is 0 Å². The molecule has 0 bridgehead atoms. The maximum atomic E-state index is 11.0. The van der Waals surface area contributed by atoms with Gasteiger partial charge in [0.2, 0.25) is 0 Å². The lowest BCUT2D eigenvalue weighted by molar-refractivity contribution is 0.0284. The van der Waals surface area contributed by atoms with Gasteiger partial charge in [0.15, 0.2) is 34.5 Å². The minimum Gasteiger partial charge on any atom is -0.504 e. The third-order valence-corrected chi connectivity index (χ3v) is 7.63. The van der Waals surface area contributed by atoms with E-state index in [2.05, 4.69) is 13.8 Å². The number of ether oxygens (including phenoxy) is 6. The monoisotopic (exact) mass is 538 g/mol. The van der Waals surface area contributed by atoms with Gasteiger partial charge in [-0.25, -0.2) is 0 Å². The van der Waals surface area contributed by atoms with E-state index in [-0.39, 0.29) is 29.8 Å². The molecule has 8 heteroatoms. The lowest BCUT2D eigenvalue weighted by Gasteiger charge is -2.24. The molecule has 0 radical (unpaired) electrons. The molecule has 0 aromatic heterocycles. The highest BCUT2D eigenvalue weighted by molar-refractivity contribution is 5.46. The third kappa shape index (κ3) is 5.72. The van der Waals surface area contributed by atoms with E-state index >= 15 is 0 Å². The molecular formula is C31H38O8. The van der Waals surface area contributed by atoms with Crippen molar-refractivity contribution < 1.29 is 38.6 Å². The summed E-state index contributed by atoms with van der Waals surface area (Å²) in [6.07, 6.45) is -1.80. The Hall–Kier alpha value is -3.62. The van der Waals surface area contributed by atoms with E-state index < -0.39 is 12.2 Å². The summed E-state index contributed by atoms with van der Waals surface area (Å²) >= 11 is 0. The topological polar surface area (TPSA) is 95.8 Å². The summed E-state index contributed by atoms with van der Waals surface area (Å²) < 4.78 is 34.3. The van der Waals surface area contributed by atoms with Crippen LogP contribution in [0.3, 0.4) is 0 Å². The standard InChI is InChI=1S/C31H38O8/c1-17-18(2)31(39-30(17)21-8-11-23(32)26(15-21)35-5)22-10-13-25(28(16-22)37-7)38-19(3)29(33)20-9-12-24(34-4)27(14-20)36-6/h8-19,29-33H,1-7H3/t17-,18-,19+,29+,30+,31+/m1/s1. The van der Waals surface area contributed by atoms with Crippen molar-refractivity contribution >= 4 is 0 Å². The third-order valence-electron chi connectivity index (χ3n) is 7.63. The van der Waals surface area contributed by atoms with Crippen molar-refractivity contribution in [1.82, 2.24) is 0 Å². The lowest BCUT2D eigenvalue weighted by Crippen LogP contribution is -2.22. The van der Waals surface area contributed by atoms with Gasteiger partial charge in [-0.3, -0.25) is 0 Å². The van der Waals surface area contributed by atoms with Crippen molar-refractivity contribution in [2.45, 2.75) is 45.2 Å². The average molecular weight is 539 g/mol. The van der Waals surface area contributed by atoms with Crippen molar-refractivity contribution in [3.05, 3.63) is 71.3 Å². The summed E-state index contributed by atoms with van der Waals surface area (Å²) in [5.74, 6) is 3.16. The Kier molecular flexibility index (Phi) is 8.77. The Bertz CT molecular complexity index is 1280. The number of benzene rings is 3. The Balaban J connectivity index is 1.52. The molecule has 0 saturated carbocycles. The van der Waals surface area contributed by atoms with Gasteiger partial charge in [-0.15, -0.1) is 0 Å². The molecule has 1 aliphatic rings. The average Bonchev–Trinajstić information content (AvgIpc) is 3.26. The maximum Gasteiger partial charge on any atom is 0.161 e. The second-order valence-electron chi connectivity index (χ2n) is 9.92. The van der Waals surface area contributed by atoms with Crippen LogP contribution < -0.4 is 23.7 Å². The van der Waals surface area contributed by atoms with Crippen LogP contribution in [0.2, 0.25) is 0 Å². The fourth-order valence-electron chi connectivity index (χ4n) is 5.12. The van der Waals surface area contributed by atoms with Crippen LogP contribution in [0.5, 0.6) is 34.5 Å². The molecule has 1 fully saturated rings. The first-order valence-electron chi connectivity index (χ1n) is 13.0. The van der Waals surface area contributed by atoms with E-state index in [4.69, 9.17) is 28.4 Å². The molecule has 4 rings (SSSR count). The minimum atomic E-state index is -0.906. The summed E-state index contributed by atoms with van der Waals surface area (Å²) in [6.45, 7) is 6.14.